The molecular weight excluding hydrogens is 238 g/mol. The van der Waals surface area contributed by atoms with Gasteiger partial charge in [0.05, 0.1) is 18.9 Å². The van der Waals surface area contributed by atoms with Gasteiger partial charge in [-0.25, -0.2) is 0 Å². The van der Waals surface area contributed by atoms with Crippen LogP contribution in [0, 0.1) is 0 Å². The lowest BCUT2D eigenvalue weighted by Crippen LogP contribution is -2.37. The van der Waals surface area contributed by atoms with E-state index in [-0.39, 0.29) is 5.78 Å². The van der Waals surface area contributed by atoms with Gasteiger partial charge in [-0.3, -0.25) is 9.69 Å². The van der Waals surface area contributed by atoms with E-state index in [0.29, 0.717) is 13.2 Å². The van der Waals surface area contributed by atoms with Gasteiger partial charge in [0.15, 0.2) is 5.78 Å². The molecule has 0 saturated carbocycles. The minimum absolute atomic E-state index is 0.202. The summed E-state index contributed by atoms with van der Waals surface area (Å²) in [6.07, 6.45) is 0.789. The van der Waals surface area contributed by atoms with Crippen molar-refractivity contribution in [3.63, 3.8) is 0 Å². The average Bonchev–Trinajstić information content (AvgIpc) is 2.40. The molecule has 0 bridgehead atoms. The quantitative estimate of drug-likeness (QED) is 0.615. The zero-order valence-electron chi connectivity index (χ0n) is 11.7. The number of ether oxygens (including phenoxy) is 1. The van der Waals surface area contributed by atoms with Gasteiger partial charge < -0.3 is 4.74 Å². The van der Waals surface area contributed by atoms with Crippen molar-refractivity contribution in [2.75, 3.05) is 19.7 Å². The van der Waals surface area contributed by atoms with Crippen LogP contribution in [0.25, 0.3) is 0 Å². The lowest BCUT2D eigenvalue weighted by Gasteiger charge is -2.28. The number of nitrogens with zero attached hydrogens (tertiary/aromatic N) is 1. The third-order valence-electron chi connectivity index (χ3n) is 3.42. The highest BCUT2D eigenvalue weighted by molar-refractivity contribution is 5.98. The number of allylic oxidation sites excluding steroid dienone is 1. The Balaban J connectivity index is 1.97. The second-order valence-corrected chi connectivity index (χ2v) is 4.84. The third-order valence-corrected chi connectivity index (χ3v) is 3.42. The number of hydrogen-bond donors (Lipinski definition) is 0. The minimum Gasteiger partial charge on any atom is -0.498 e. The maximum absolute atomic E-state index is 12.1. The van der Waals surface area contributed by atoms with Crippen molar-refractivity contribution in [2.45, 2.75) is 26.8 Å². The van der Waals surface area contributed by atoms with Crippen molar-refractivity contribution in [1.29, 1.82) is 0 Å². The summed E-state index contributed by atoms with van der Waals surface area (Å²) >= 11 is 0. The molecule has 1 aliphatic heterocycles. The van der Waals surface area contributed by atoms with E-state index in [0.717, 1.165) is 30.8 Å². The SMILES string of the molecule is CCOC(C)=C1CCN(Cc2ccccc2)CC1=O. The number of rotatable bonds is 4. The Morgan fingerprint density at radius 1 is 1.32 bits per heavy atom. The third kappa shape index (κ3) is 3.67. The molecule has 1 aromatic carbocycles. The number of benzene rings is 1. The van der Waals surface area contributed by atoms with Crippen LogP contribution in [-0.2, 0) is 16.1 Å². The van der Waals surface area contributed by atoms with E-state index < -0.39 is 0 Å². The van der Waals surface area contributed by atoms with Crippen LogP contribution in [0.2, 0.25) is 0 Å². The van der Waals surface area contributed by atoms with E-state index in [2.05, 4.69) is 17.0 Å². The van der Waals surface area contributed by atoms with Gasteiger partial charge in [0.2, 0.25) is 0 Å². The molecule has 2 rings (SSSR count). The summed E-state index contributed by atoms with van der Waals surface area (Å²) < 4.78 is 5.45. The van der Waals surface area contributed by atoms with Crippen LogP contribution in [0.5, 0.6) is 0 Å². The second-order valence-electron chi connectivity index (χ2n) is 4.84. The van der Waals surface area contributed by atoms with E-state index in [1.807, 2.05) is 32.0 Å². The lowest BCUT2D eigenvalue weighted by molar-refractivity contribution is -0.118. The number of ketones is 1. The molecule has 3 heteroatoms. The van der Waals surface area contributed by atoms with Gasteiger partial charge in [0.25, 0.3) is 0 Å². The topological polar surface area (TPSA) is 29.5 Å². The fraction of sp³-hybridized carbons (Fsp3) is 0.438. The van der Waals surface area contributed by atoms with E-state index in [4.69, 9.17) is 4.74 Å². The van der Waals surface area contributed by atoms with Crippen LogP contribution >= 0.6 is 0 Å². The predicted molar refractivity (Wildman–Crippen MR) is 75.7 cm³/mol. The summed E-state index contributed by atoms with van der Waals surface area (Å²) in [5.74, 6) is 1.000. The summed E-state index contributed by atoms with van der Waals surface area (Å²) in [5.41, 5.74) is 2.12. The molecule has 0 N–H and O–H groups in total. The Bertz CT molecular complexity index is 465. The number of piperidine rings is 1. The number of likely N-dealkylation sites (tertiary alicyclic amines) is 1. The Morgan fingerprint density at radius 3 is 2.68 bits per heavy atom. The maximum atomic E-state index is 12.1. The van der Waals surface area contributed by atoms with Gasteiger partial charge in [-0.1, -0.05) is 30.3 Å². The summed E-state index contributed by atoms with van der Waals surface area (Å²) in [4.78, 5) is 14.3. The highest BCUT2D eigenvalue weighted by Crippen LogP contribution is 2.19. The summed E-state index contributed by atoms with van der Waals surface area (Å²) in [5, 5.41) is 0. The molecular formula is C16H21NO2. The second kappa shape index (κ2) is 6.53. The van der Waals surface area contributed by atoms with Crippen LogP contribution in [0.3, 0.4) is 0 Å². The number of carbonyl (C=O) groups is 1. The molecule has 1 aromatic rings. The van der Waals surface area contributed by atoms with E-state index in [9.17, 15) is 4.79 Å². The Labute approximate surface area is 114 Å². The molecule has 0 aliphatic carbocycles. The van der Waals surface area contributed by atoms with Gasteiger partial charge in [-0.05, 0) is 25.8 Å². The fourth-order valence-electron chi connectivity index (χ4n) is 2.44. The van der Waals surface area contributed by atoms with Gasteiger partial charge in [-0.15, -0.1) is 0 Å². The first kappa shape index (κ1) is 13.8. The zero-order chi connectivity index (χ0) is 13.7. The smallest absolute Gasteiger partial charge is 0.176 e. The highest BCUT2D eigenvalue weighted by atomic mass is 16.5. The maximum Gasteiger partial charge on any atom is 0.176 e. The molecule has 1 fully saturated rings. The van der Waals surface area contributed by atoms with Crippen LogP contribution in [0.15, 0.2) is 41.7 Å². The van der Waals surface area contributed by atoms with E-state index in [1.165, 1.54) is 5.56 Å². The van der Waals surface area contributed by atoms with Crippen molar-refractivity contribution >= 4 is 5.78 Å². The zero-order valence-corrected chi connectivity index (χ0v) is 11.7. The van der Waals surface area contributed by atoms with Crippen LogP contribution in [0.1, 0.15) is 25.8 Å². The molecule has 19 heavy (non-hydrogen) atoms. The molecule has 0 unspecified atom stereocenters. The molecule has 0 amide bonds. The first-order valence-corrected chi connectivity index (χ1v) is 6.82. The van der Waals surface area contributed by atoms with Crippen molar-refractivity contribution in [2.24, 2.45) is 0 Å². The summed E-state index contributed by atoms with van der Waals surface area (Å²) in [7, 11) is 0. The van der Waals surface area contributed by atoms with Gasteiger partial charge in [0, 0.05) is 18.7 Å². The van der Waals surface area contributed by atoms with Crippen LogP contribution in [-0.4, -0.2) is 30.4 Å². The lowest BCUT2D eigenvalue weighted by atomic mass is 10.0. The summed E-state index contributed by atoms with van der Waals surface area (Å²) in [6.45, 7) is 6.71. The first-order valence-electron chi connectivity index (χ1n) is 6.82. The average molecular weight is 259 g/mol. The molecule has 1 saturated heterocycles. The Morgan fingerprint density at radius 2 is 2.05 bits per heavy atom. The number of hydrogen-bond acceptors (Lipinski definition) is 3. The minimum atomic E-state index is 0.202. The van der Waals surface area contributed by atoms with Gasteiger partial charge in [0.1, 0.15) is 0 Å². The molecule has 102 valence electrons. The molecule has 0 radical (unpaired) electrons. The number of carbonyl (C=O) groups excluding carboxylic acids is 1. The normalized spacial score (nSPS) is 19.4. The first-order chi connectivity index (χ1) is 9.20. The standard InChI is InChI=1S/C16H21NO2/c1-3-19-13(2)15-9-10-17(12-16(15)18)11-14-7-5-4-6-8-14/h4-8H,3,9-12H2,1-2H3. The van der Waals surface area contributed by atoms with Crippen LogP contribution < -0.4 is 0 Å². The molecule has 0 aromatic heterocycles. The van der Waals surface area contributed by atoms with E-state index in [1.54, 1.807) is 0 Å². The molecule has 1 aliphatic rings. The van der Waals surface area contributed by atoms with Crippen molar-refractivity contribution in [1.82, 2.24) is 4.90 Å². The Kier molecular flexibility index (Phi) is 4.74. The van der Waals surface area contributed by atoms with Crippen molar-refractivity contribution in [3.05, 3.63) is 47.2 Å². The molecule has 0 spiro atoms. The van der Waals surface area contributed by atoms with Crippen molar-refractivity contribution in [3.8, 4) is 0 Å². The van der Waals surface area contributed by atoms with Gasteiger partial charge in [-0.2, -0.15) is 0 Å². The molecule has 0 atom stereocenters. The predicted octanol–water partition coefficient (Wildman–Crippen LogP) is 2.77. The van der Waals surface area contributed by atoms with Crippen LogP contribution in [0.4, 0.5) is 0 Å². The largest absolute Gasteiger partial charge is 0.498 e. The molecule has 1 heterocycles. The van der Waals surface area contributed by atoms with Crippen molar-refractivity contribution < 1.29 is 9.53 Å². The Hall–Kier alpha value is -1.61. The number of Topliss-reactive ketones (excluding diaryl/α,β-unsaturated/α-hetero) is 1. The van der Waals surface area contributed by atoms with Gasteiger partial charge >= 0.3 is 0 Å². The molecule has 3 nitrogen and oxygen atoms in total. The fourth-order valence-corrected chi connectivity index (χ4v) is 2.44. The highest BCUT2D eigenvalue weighted by Gasteiger charge is 2.23. The summed E-state index contributed by atoms with van der Waals surface area (Å²) in [6, 6.07) is 10.3. The monoisotopic (exact) mass is 259 g/mol. The van der Waals surface area contributed by atoms with E-state index >= 15 is 0 Å².